The van der Waals surface area contributed by atoms with Crippen LogP contribution in [0.25, 0.3) is 0 Å². The molecule has 2 aromatic rings. The van der Waals surface area contributed by atoms with E-state index in [0.717, 1.165) is 4.90 Å². The minimum absolute atomic E-state index is 0.0118. The van der Waals surface area contributed by atoms with E-state index in [9.17, 15) is 50.1 Å². The highest BCUT2D eigenvalue weighted by atomic mass is 127. The highest BCUT2D eigenvalue weighted by Gasteiger charge is 2.33. The molecule has 0 fully saturated rings. The second-order valence-corrected chi connectivity index (χ2v) is 15.2. The van der Waals surface area contributed by atoms with E-state index in [-0.39, 0.29) is 48.7 Å². The molecule has 0 spiro atoms. The van der Waals surface area contributed by atoms with Gasteiger partial charge in [-0.15, -0.1) is 0 Å². The van der Waals surface area contributed by atoms with Gasteiger partial charge in [0.15, 0.2) is 11.5 Å². The summed E-state index contributed by atoms with van der Waals surface area (Å²) < 4.78 is 8.62. The van der Waals surface area contributed by atoms with Gasteiger partial charge in [0, 0.05) is 22.2 Å². The number of aliphatic hydroxyl groups is 7. The summed E-state index contributed by atoms with van der Waals surface area (Å²) in [6.07, 6.45) is 0. The summed E-state index contributed by atoms with van der Waals surface area (Å²) in [6.45, 7) is -4.63. The number of amides is 3. The Hall–Kier alpha value is 0.750. The van der Waals surface area contributed by atoms with Crippen LogP contribution in [0.15, 0.2) is 0 Å². The van der Waals surface area contributed by atoms with Gasteiger partial charge < -0.3 is 55.6 Å². The fraction of sp³-hybridized carbons (Fsp3) is 0.400. The molecule has 2 rings (SSSR count). The van der Waals surface area contributed by atoms with E-state index in [1.807, 2.05) is 136 Å². The van der Waals surface area contributed by atoms with E-state index >= 15 is 0 Å². The molecular formula is C25H27I6N3O11. The van der Waals surface area contributed by atoms with Crippen molar-refractivity contribution in [2.45, 2.75) is 12.6 Å². The second kappa shape index (κ2) is 19.8. The summed E-state index contributed by atoms with van der Waals surface area (Å²) in [7, 11) is 0. The highest BCUT2D eigenvalue weighted by Crippen LogP contribution is 2.48. The maximum absolute atomic E-state index is 13.6. The largest absolute Gasteiger partial charge is 0.453 e. The molecule has 250 valence electrons. The smallest absolute Gasteiger partial charge is 0.254 e. The molecule has 0 aliphatic rings. The zero-order valence-corrected chi connectivity index (χ0v) is 35.8. The van der Waals surface area contributed by atoms with Crippen LogP contribution < -0.4 is 19.9 Å². The molecule has 0 unspecified atom stereocenters. The lowest BCUT2D eigenvalue weighted by atomic mass is 10.1. The molecule has 20 heteroatoms. The van der Waals surface area contributed by atoms with Gasteiger partial charge >= 0.3 is 0 Å². The number of carbonyl (C=O) groups excluding carboxylic acids is 3. The number of carbonyl (C=O) groups is 3. The SMILES string of the molecule is O=C(NC(CO)CO)c1c(I)c(Oc2c(I)c(CO)c(I)c(N(CCO)C(=O)CO)c2I)c(I)c(N(CCO)C(=O)CO)c1I. The molecule has 0 saturated heterocycles. The number of benzene rings is 2. The number of nitrogens with zero attached hydrogens (tertiary/aromatic N) is 2. The van der Waals surface area contributed by atoms with Crippen molar-refractivity contribution in [1.82, 2.24) is 5.32 Å². The first kappa shape index (κ1) is 41.9. The van der Waals surface area contributed by atoms with Gasteiger partial charge in [-0.1, -0.05) is 0 Å². The number of hydrogen-bond donors (Lipinski definition) is 8. The average Bonchev–Trinajstić information content (AvgIpc) is 3.01. The van der Waals surface area contributed by atoms with Crippen molar-refractivity contribution in [3.8, 4) is 11.5 Å². The van der Waals surface area contributed by atoms with Crippen molar-refractivity contribution < 1.29 is 54.9 Å². The third-order valence-electron chi connectivity index (χ3n) is 6.02. The Morgan fingerprint density at radius 1 is 0.644 bits per heavy atom. The fourth-order valence-electron chi connectivity index (χ4n) is 3.90. The maximum Gasteiger partial charge on any atom is 0.254 e. The first-order valence-electron chi connectivity index (χ1n) is 12.6. The predicted molar refractivity (Wildman–Crippen MR) is 214 cm³/mol. The lowest BCUT2D eigenvalue weighted by Crippen LogP contribution is -2.41. The molecular weight excluding hydrogens is 1280 g/mol. The van der Waals surface area contributed by atoms with Crippen molar-refractivity contribution >= 4 is 165 Å². The number of aliphatic hydroxyl groups excluding tert-OH is 7. The van der Waals surface area contributed by atoms with Crippen LogP contribution in [0.3, 0.4) is 0 Å². The van der Waals surface area contributed by atoms with E-state index in [1.165, 1.54) is 4.90 Å². The van der Waals surface area contributed by atoms with E-state index in [4.69, 9.17) is 4.74 Å². The van der Waals surface area contributed by atoms with Crippen LogP contribution in [0.4, 0.5) is 11.4 Å². The minimum atomic E-state index is -1.00. The molecule has 0 radical (unpaired) electrons. The van der Waals surface area contributed by atoms with Crippen LogP contribution in [-0.4, -0.2) is 112 Å². The summed E-state index contributed by atoms with van der Waals surface area (Å²) in [6, 6.07) is -1.00. The minimum Gasteiger partial charge on any atom is -0.453 e. The Labute approximate surface area is 339 Å². The summed E-state index contributed by atoms with van der Waals surface area (Å²) in [5.74, 6) is -1.97. The number of hydrogen-bond acceptors (Lipinski definition) is 11. The van der Waals surface area contributed by atoms with Crippen LogP contribution >= 0.6 is 136 Å². The van der Waals surface area contributed by atoms with Gasteiger partial charge in [0.1, 0.15) is 13.2 Å². The van der Waals surface area contributed by atoms with E-state index < -0.39 is 70.0 Å². The highest BCUT2D eigenvalue weighted by molar-refractivity contribution is 14.1. The topological polar surface area (TPSA) is 221 Å². The normalized spacial score (nSPS) is 11.2. The van der Waals surface area contributed by atoms with Crippen LogP contribution in [-0.2, 0) is 16.2 Å². The molecule has 2 aromatic carbocycles. The Morgan fingerprint density at radius 2 is 1.09 bits per heavy atom. The van der Waals surface area contributed by atoms with Gasteiger partial charge in [0.05, 0.1) is 73.9 Å². The molecule has 0 atom stereocenters. The van der Waals surface area contributed by atoms with Crippen molar-refractivity contribution in [1.29, 1.82) is 0 Å². The molecule has 45 heavy (non-hydrogen) atoms. The lowest BCUT2D eigenvalue weighted by Gasteiger charge is -2.29. The second-order valence-electron chi connectivity index (χ2n) is 8.74. The molecule has 14 nitrogen and oxygen atoms in total. The third kappa shape index (κ3) is 9.51. The van der Waals surface area contributed by atoms with Crippen LogP contribution in [0.5, 0.6) is 11.5 Å². The van der Waals surface area contributed by atoms with Crippen molar-refractivity contribution in [3.63, 3.8) is 0 Å². The Bertz CT molecular complexity index is 1430. The average molecular weight is 1310 g/mol. The monoisotopic (exact) mass is 1310 g/mol. The molecule has 0 bridgehead atoms. The summed E-state index contributed by atoms with van der Waals surface area (Å²) >= 11 is 11.5. The van der Waals surface area contributed by atoms with Crippen LogP contribution in [0.2, 0.25) is 0 Å². The summed E-state index contributed by atoms with van der Waals surface area (Å²) in [4.78, 5) is 41.4. The van der Waals surface area contributed by atoms with Crippen molar-refractivity contribution in [2.24, 2.45) is 0 Å². The first-order valence-corrected chi connectivity index (χ1v) is 19.0. The molecule has 0 aliphatic heterocycles. The molecule has 0 saturated carbocycles. The number of rotatable bonds is 15. The summed E-state index contributed by atoms with van der Waals surface area (Å²) in [5.41, 5.74) is 0.807. The molecule has 0 heterocycles. The Morgan fingerprint density at radius 3 is 1.49 bits per heavy atom. The quantitative estimate of drug-likeness (QED) is 0.119. The van der Waals surface area contributed by atoms with Crippen LogP contribution in [0.1, 0.15) is 15.9 Å². The maximum atomic E-state index is 13.6. The van der Waals surface area contributed by atoms with Gasteiger partial charge in [0.2, 0.25) is 0 Å². The molecule has 3 amide bonds. The number of nitrogens with one attached hydrogen (secondary N) is 1. The molecule has 0 aromatic heterocycles. The molecule has 0 aliphatic carbocycles. The van der Waals surface area contributed by atoms with E-state index in [0.29, 0.717) is 19.8 Å². The van der Waals surface area contributed by atoms with Gasteiger partial charge in [0.25, 0.3) is 17.7 Å². The molecule has 8 N–H and O–H groups in total. The number of anilines is 2. The Kier molecular flexibility index (Phi) is 18.5. The lowest BCUT2D eigenvalue weighted by molar-refractivity contribution is -0.122. The number of ether oxygens (including phenoxy) is 1. The zero-order valence-electron chi connectivity index (χ0n) is 22.9. The van der Waals surface area contributed by atoms with Gasteiger partial charge in [-0.25, -0.2) is 0 Å². The van der Waals surface area contributed by atoms with Crippen LogP contribution in [0, 0.1) is 21.4 Å². The Balaban J connectivity index is 3.05. The van der Waals surface area contributed by atoms with E-state index in [1.54, 1.807) is 0 Å². The van der Waals surface area contributed by atoms with Crippen molar-refractivity contribution in [3.05, 3.63) is 32.5 Å². The summed E-state index contributed by atoms with van der Waals surface area (Å²) in [5, 5.41) is 70.8. The van der Waals surface area contributed by atoms with E-state index in [2.05, 4.69) is 5.32 Å². The first-order chi connectivity index (χ1) is 21.3. The van der Waals surface area contributed by atoms with Gasteiger partial charge in [-0.2, -0.15) is 0 Å². The van der Waals surface area contributed by atoms with Gasteiger partial charge in [-0.05, 0) is 136 Å². The predicted octanol–water partition coefficient (Wildman–Crippen LogP) is 1.32. The zero-order chi connectivity index (χ0) is 34.2. The van der Waals surface area contributed by atoms with Crippen molar-refractivity contribution in [2.75, 3.05) is 62.5 Å². The number of halogens is 6. The standard InChI is InChI=1S/C25H27I6N3O11/c26-15-11(7-39)16(27)23(19(30)21(15)33(1-3-35)12(42)8-40)45-24-18(29)14(25(44)32-10(5-37)6-38)17(28)22(20(24)31)34(2-4-36)13(43)9-41/h10,35-41H,1-9H2,(H,32,44). The van der Waals surface area contributed by atoms with Gasteiger partial charge in [-0.3, -0.25) is 14.4 Å². The fourth-order valence-corrected chi connectivity index (χ4v) is 12.7. The third-order valence-corrected chi connectivity index (χ3v) is 12.4.